The fourth-order valence-corrected chi connectivity index (χ4v) is 4.81. The summed E-state index contributed by atoms with van der Waals surface area (Å²) in [5.74, 6) is -0.659. The molecule has 0 bridgehead atoms. The van der Waals surface area contributed by atoms with E-state index in [4.69, 9.17) is 11.6 Å². The summed E-state index contributed by atoms with van der Waals surface area (Å²) < 4.78 is 28.0. The molecule has 1 amide bonds. The van der Waals surface area contributed by atoms with Crippen molar-refractivity contribution in [2.75, 3.05) is 16.2 Å². The maximum absolute atomic E-state index is 13.5. The van der Waals surface area contributed by atoms with Crippen LogP contribution in [0.25, 0.3) is 0 Å². The van der Waals surface area contributed by atoms with Crippen LogP contribution in [0.1, 0.15) is 16.7 Å². The molecule has 172 valence electrons. The largest absolute Gasteiger partial charge is 0.324 e. The van der Waals surface area contributed by atoms with Crippen molar-refractivity contribution >= 4 is 44.6 Å². The monoisotopic (exact) mass is 487 g/mol. The minimum atomic E-state index is -4.12. The zero-order valence-corrected chi connectivity index (χ0v) is 19.8. The number of nitrogens with zero attached hydrogens (tertiary/aromatic N) is 2. The molecule has 1 N–H and O–H groups in total. The van der Waals surface area contributed by atoms with Gasteiger partial charge in [0.25, 0.3) is 15.7 Å². The van der Waals surface area contributed by atoms with Crippen molar-refractivity contribution in [3.05, 3.63) is 92.5 Å². The molecule has 0 saturated heterocycles. The van der Waals surface area contributed by atoms with E-state index in [0.29, 0.717) is 16.1 Å². The first-order valence-corrected chi connectivity index (χ1v) is 11.7. The van der Waals surface area contributed by atoms with Crippen LogP contribution in [0.2, 0.25) is 5.02 Å². The predicted octanol–water partition coefficient (Wildman–Crippen LogP) is 5.01. The highest BCUT2D eigenvalue weighted by Gasteiger charge is 2.29. The molecule has 0 aromatic heterocycles. The molecule has 0 heterocycles. The van der Waals surface area contributed by atoms with Gasteiger partial charge in [0.1, 0.15) is 6.54 Å². The zero-order chi connectivity index (χ0) is 24.3. The lowest BCUT2D eigenvalue weighted by Crippen LogP contribution is -2.38. The van der Waals surface area contributed by atoms with Crippen LogP contribution in [0, 0.1) is 30.9 Å². The number of anilines is 2. The second-order valence-electron chi connectivity index (χ2n) is 7.56. The van der Waals surface area contributed by atoms with E-state index in [1.165, 1.54) is 36.4 Å². The molecule has 0 atom stereocenters. The molecule has 3 rings (SSSR count). The number of nitrogens with one attached hydrogen (secondary N) is 1. The van der Waals surface area contributed by atoms with Gasteiger partial charge in [-0.05, 0) is 56.2 Å². The Hall–Kier alpha value is -3.43. The summed E-state index contributed by atoms with van der Waals surface area (Å²) in [6.45, 7) is 4.68. The van der Waals surface area contributed by atoms with Gasteiger partial charge in [-0.25, -0.2) is 8.42 Å². The molecule has 0 spiro atoms. The van der Waals surface area contributed by atoms with Crippen LogP contribution in [-0.4, -0.2) is 25.8 Å². The minimum Gasteiger partial charge on any atom is -0.324 e. The lowest BCUT2D eigenvalue weighted by molar-refractivity contribution is -0.384. The number of carbonyl (C=O) groups excluding carboxylic acids is 1. The summed E-state index contributed by atoms with van der Waals surface area (Å²) in [4.78, 5) is 23.5. The fraction of sp³-hybridized carbons (Fsp3) is 0.174. The molecular formula is C23H22ClN3O5S. The number of sulfonamides is 1. The Morgan fingerprint density at radius 2 is 1.64 bits per heavy atom. The van der Waals surface area contributed by atoms with E-state index in [1.807, 2.05) is 6.92 Å². The first-order chi connectivity index (χ1) is 15.5. The van der Waals surface area contributed by atoms with Crippen molar-refractivity contribution in [3.8, 4) is 0 Å². The van der Waals surface area contributed by atoms with E-state index in [0.717, 1.165) is 9.87 Å². The van der Waals surface area contributed by atoms with Gasteiger partial charge < -0.3 is 5.32 Å². The van der Waals surface area contributed by atoms with E-state index in [2.05, 4.69) is 5.32 Å². The number of nitro groups is 1. The number of non-ortho nitro benzene ring substituents is 1. The van der Waals surface area contributed by atoms with Crippen LogP contribution in [0.4, 0.5) is 17.1 Å². The molecule has 0 aliphatic rings. The fourth-order valence-electron chi connectivity index (χ4n) is 3.17. The standard InChI is InChI=1S/C23H22ClN3O5S/c1-15-4-10-20(11-5-15)33(31,32)26(22-12-18(24)8-6-17(22)3)14-23(28)25-21-13-19(27(29)30)9-7-16(21)2/h4-13H,14H2,1-3H3,(H,25,28). The van der Waals surface area contributed by atoms with E-state index >= 15 is 0 Å². The number of carbonyl (C=O) groups is 1. The van der Waals surface area contributed by atoms with Gasteiger partial charge in [0.05, 0.1) is 21.2 Å². The van der Waals surface area contributed by atoms with Gasteiger partial charge in [0.15, 0.2) is 0 Å². The number of rotatable bonds is 7. The van der Waals surface area contributed by atoms with Crippen LogP contribution >= 0.6 is 11.6 Å². The highest BCUT2D eigenvalue weighted by molar-refractivity contribution is 7.92. The van der Waals surface area contributed by atoms with Crippen molar-refractivity contribution in [1.82, 2.24) is 0 Å². The summed E-state index contributed by atoms with van der Waals surface area (Å²) in [5, 5.41) is 14.0. The lowest BCUT2D eigenvalue weighted by atomic mass is 10.2. The molecule has 0 fully saturated rings. The lowest BCUT2D eigenvalue weighted by Gasteiger charge is -2.26. The molecule has 3 aromatic carbocycles. The van der Waals surface area contributed by atoms with Gasteiger partial charge in [-0.1, -0.05) is 41.4 Å². The molecule has 10 heteroatoms. The highest BCUT2D eigenvalue weighted by atomic mass is 35.5. The molecule has 3 aromatic rings. The highest BCUT2D eigenvalue weighted by Crippen LogP contribution is 2.30. The molecule has 33 heavy (non-hydrogen) atoms. The molecule has 0 aliphatic heterocycles. The van der Waals surface area contributed by atoms with Crippen molar-refractivity contribution < 1.29 is 18.1 Å². The predicted molar refractivity (Wildman–Crippen MR) is 128 cm³/mol. The van der Waals surface area contributed by atoms with Crippen LogP contribution in [-0.2, 0) is 14.8 Å². The Bertz CT molecular complexity index is 1320. The first-order valence-electron chi connectivity index (χ1n) is 9.89. The number of halogens is 1. The number of aryl methyl sites for hydroxylation is 3. The van der Waals surface area contributed by atoms with Gasteiger partial charge in [-0.3, -0.25) is 19.2 Å². The van der Waals surface area contributed by atoms with Crippen LogP contribution in [0.3, 0.4) is 0 Å². The number of hydrogen-bond acceptors (Lipinski definition) is 5. The second kappa shape index (κ2) is 9.60. The van der Waals surface area contributed by atoms with E-state index in [1.54, 1.807) is 38.1 Å². The molecule has 0 saturated carbocycles. The Morgan fingerprint density at radius 3 is 2.27 bits per heavy atom. The zero-order valence-electron chi connectivity index (χ0n) is 18.2. The molecular weight excluding hydrogens is 466 g/mol. The van der Waals surface area contributed by atoms with Crippen molar-refractivity contribution in [1.29, 1.82) is 0 Å². The van der Waals surface area contributed by atoms with Crippen molar-refractivity contribution in [3.63, 3.8) is 0 Å². The maximum atomic E-state index is 13.5. The molecule has 0 aliphatic carbocycles. The normalized spacial score (nSPS) is 11.2. The summed E-state index contributed by atoms with van der Waals surface area (Å²) in [5.41, 5.74) is 2.39. The van der Waals surface area contributed by atoms with E-state index in [9.17, 15) is 23.3 Å². The van der Waals surface area contributed by atoms with Crippen molar-refractivity contribution in [2.24, 2.45) is 0 Å². The summed E-state index contributed by atoms with van der Waals surface area (Å²) in [6.07, 6.45) is 0. The average Bonchev–Trinajstić information content (AvgIpc) is 2.75. The first kappa shape index (κ1) is 24.2. The molecule has 8 nitrogen and oxygen atoms in total. The van der Waals surface area contributed by atoms with Gasteiger partial charge in [-0.2, -0.15) is 0 Å². The van der Waals surface area contributed by atoms with Crippen LogP contribution < -0.4 is 9.62 Å². The number of benzene rings is 3. The van der Waals surface area contributed by atoms with Gasteiger partial charge in [-0.15, -0.1) is 0 Å². The minimum absolute atomic E-state index is 0.0202. The Balaban J connectivity index is 2.01. The van der Waals surface area contributed by atoms with Crippen molar-refractivity contribution in [2.45, 2.75) is 25.7 Å². The quantitative estimate of drug-likeness (QED) is 0.372. The summed E-state index contributed by atoms with van der Waals surface area (Å²) in [6, 6.07) is 15.1. The van der Waals surface area contributed by atoms with Gasteiger partial charge in [0, 0.05) is 17.2 Å². The smallest absolute Gasteiger partial charge is 0.271 e. The number of nitro benzene ring substituents is 1. The summed E-state index contributed by atoms with van der Waals surface area (Å²) >= 11 is 6.13. The topological polar surface area (TPSA) is 110 Å². The summed E-state index contributed by atoms with van der Waals surface area (Å²) in [7, 11) is -4.12. The Kier molecular flexibility index (Phi) is 7.04. The third-order valence-electron chi connectivity index (χ3n) is 5.04. The third-order valence-corrected chi connectivity index (χ3v) is 7.05. The van der Waals surface area contributed by atoms with Crippen LogP contribution in [0.15, 0.2) is 65.6 Å². The SMILES string of the molecule is Cc1ccc(S(=O)(=O)N(CC(=O)Nc2cc([N+](=O)[O-])ccc2C)c2cc(Cl)ccc2C)cc1. The average molecular weight is 488 g/mol. The van der Waals surface area contributed by atoms with Crippen LogP contribution in [0.5, 0.6) is 0 Å². The van der Waals surface area contributed by atoms with E-state index < -0.39 is 27.4 Å². The maximum Gasteiger partial charge on any atom is 0.271 e. The Morgan fingerprint density at radius 1 is 1.00 bits per heavy atom. The molecule has 0 unspecified atom stereocenters. The van der Waals surface area contributed by atoms with E-state index in [-0.39, 0.29) is 22.0 Å². The second-order valence-corrected chi connectivity index (χ2v) is 9.86. The third kappa shape index (κ3) is 5.50. The molecule has 0 radical (unpaired) electrons. The number of hydrogen-bond donors (Lipinski definition) is 1. The van der Waals surface area contributed by atoms with Gasteiger partial charge in [0.2, 0.25) is 5.91 Å². The number of amides is 1. The Labute approximate surface area is 197 Å². The van der Waals surface area contributed by atoms with Gasteiger partial charge >= 0.3 is 0 Å².